The van der Waals surface area contributed by atoms with Crippen molar-refractivity contribution in [3.8, 4) is 0 Å². The van der Waals surface area contributed by atoms with E-state index in [1.54, 1.807) is 4.31 Å². The van der Waals surface area contributed by atoms with Crippen molar-refractivity contribution < 1.29 is 8.42 Å². The number of rotatable bonds is 2. The smallest absolute Gasteiger partial charge is 0.283 e. The maximum atomic E-state index is 12.6. The Hall–Kier alpha value is -0.170. The topological polar surface area (TPSA) is 66.6 Å². The molecule has 1 atom stereocenters. The fourth-order valence-electron chi connectivity index (χ4n) is 2.81. The van der Waals surface area contributed by atoms with Gasteiger partial charge in [0, 0.05) is 19.6 Å². The second-order valence-corrected chi connectivity index (χ2v) is 7.23. The van der Waals surface area contributed by atoms with Gasteiger partial charge in [-0.1, -0.05) is 25.7 Å². The molecule has 2 saturated heterocycles. The lowest BCUT2D eigenvalue weighted by Crippen LogP contribution is -2.51. The van der Waals surface area contributed by atoms with E-state index in [-0.39, 0.29) is 6.17 Å². The van der Waals surface area contributed by atoms with E-state index in [9.17, 15) is 8.42 Å². The molecule has 2 aliphatic heterocycles. The fourth-order valence-corrected chi connectivity index (χ4v) is 4.64. The Bertz CT molecular complexity index is 350. The molecule has 0 aromatic carbocycles. The second-order valence-electron chi connectivity index (χ2n) is 5.35. The quantitative estimate of drug-likeness (QED) is 0.825. The first-order valence-electron chi connectivity index (χ1n) is 7.15. The van der Waals surface area contributed by atoms with Crippen LogP contribution in [0.15, 0.2) is 0 Å². The van der Waals surface area contributed by atoms with Crippen LogP contribution in [-0.4, -0.2) is 42.8 Å². The normalized spacial score (nSPS) is 29.7. The van der Waals surface area contributed by atoms with E-state index < -0.39 is 10.2 Å². The van der Waals surface area contributed by atoms with Gasteiger partial charge >= 0.3 is 0 Å². The van der Waals surface area contributed by atoms with Crippen LogP contribution in [0.4, 0.5) is 0 Å². The van der Waals surface area contributed by atoms with Crippen molar-refractivity contribution in [2.75, 3.05) is 19.6 Å². The number of nitrogens with zero attached hydrogens (tertiary/aromatic N) is 2. The standard InChI is InChI=1S/C12H25N3O2S/c13-12-8-4-3-7-11-15(12)18(16,17)14-9-5-1-2-6-10-14/h12H,1-11,13H2. The third kappa shape index (κ3) is 3.23. The molecule has 5 nitrogen and oxygen atoms in total. The van der Waals surface area contributed by atoms with Gasteiger partial charge < -0.3 is 5.73 Å². The van der Waals surface area contributed by atoms with E-state index in [2.05, 4.69) is 0 Å². The highest BCUT2D eigenvalue weighted by atomic mass is 32.2. The summed E-state index contributed by atoms with van der Waals surface area (Å²) in [6.45, 7) is 1.90. The Morgan fingerprint density at radius 3 is 2.06 bits per heavy atom. The number of nitrogens with two attached hydrogens (primary N) is 1. The van der Waals surface area contributed by atoms with Gasteiger partial charge in [-0.25, -0.2) is 0 Å². The minimum Gasteiger partial charge on any atom is -0.315 e. The summed E-state index contributed by atoms with van der Waals surface area (Å²) in [6, 6.07) is 0. The molecule has 18 heavy (non-hydrogen) atoms. The highest BCUT2D eigenvalue weighted by Gasteiger charge is 2.34. The largest absolute Gasteiger partial charge is 0.315 e. The molecule has 1 unspecified atom stereocenters. The highest BCUT2D eigenvalue weighted by Crippen LogP contribution is 2.22. The molecule has 0 aromatic rings. The third-order valence-electron chi connectivity index (χ3n) is 3.94. The summed E-state index contributed by atoms with van der Waals surface area (Å²) < 4.78 is 28.4. The van der Waals surface area contributed by atoms with Gasteiger partial charge in [-0.3, -0.25) is 0 Å². The van der Waals surface area contributed by atoms with Crippen LogP contribution < -0.4 is 5.73 Å². The lowest BCUT2D eigenvalue weighted by molar-refractivity contribution is 0.290. The second kappa shape index (κ2) is 6.32. The Morgan fingerprint density at radius 2 is 1.39 bits per heavy atom. The third-order valence-corrected chi connectivity index (χ3v) is 6.00. The van der Waals surface area contributed by atoms with Gasteiger partial charge in [-0.05, 0) is 25.7 Å². The molecular weight excluding hydrogens is 250 g/mol. The molecule has 2 N–H and O–H groups in total. The summed E-state index contributed by atoms with van der Waals surface area (Å²) in [4.78, 5) is 0. The molecule has 0 aromatic heterocycles. The average Bonchev–Trinajstić information content (AvgIpc) is 2.71. The van der Waals surface area contributed by atoms with Crippen LogP contribution in [0.1, 0.15) is 51.4 Å². The van der Waals surface area contributed by atoms with Gasteiger partial charge in [-0.15, -0.1) is 0 Å². The van der Waals surface area contributed by atoms with E-state index >= 15 is 0 Å². The Morgan fingerprint density at radius 1 is 0.833 bits per heavy atom. The average molecular weight is 275 g/mol. The first kappa shape index (κ1) is 14.2. The molecule has 0 aliphatic carbocycles. The molecule has 0 spiro atoms. The van der Waals surface area contributed by atoms with Crippen LogP contribution in [0.3, 0.4) is 0 Å². The lowest BCUT2D eigenvalue weighted by Gasteiger charge is -2.31. The van der Waals surface area contributed by atoms with Crippen molar-refractivity contribution in [1.29, 1.82) is 0 Å². The van der Waals surface area contributed by atoms with Crippen molar-refractivity contribution >= 4 is 10.2 Å². The predicted octanol–water partition coefficient (Wildman–Crippen LogP) is 1.27. The fraction of sp³-hybridized carbons (Fsp3) is 1.00. The molecule has 2 rings (SSSR count). The predicted molar refractivity (Wildman–Crippen MR) is 72.1 cm³/mol. The number of hydrogen-bond donors (Lipinski definition) is 1. The first-order chi connectivity index (χ1) is 8.62. The molecule has 0 radical (unpaired) electrons. The van der Waals surface area contributed by atoms with Crippen LogP contribution in [0, 0.1) is 0 Å². The Labute approximate surface area is 110 Å². The lowest BCUT2D eigenvalue weighted by atomic mass is 10.2. The van der Waals surface area contributed by atoms with Crippen molar-refractivity contribution in [2.45, 2.75) is 57.5 Å². The Balaban J connectivity index is 2.11. The SMILES string of the molecule is NC1CCCCCN1S(=O)(=O)N1CCCCCC1. The molecule has 2 aliphatic rings. The van der Waals surface area contributed by atoms with Crippen molar-refractivity contribution in [3.63, 3.8) is 0 Å². The zero-order chi connectivity index (χ0) is 13.0. The van der Waals surface area contributed by atoms with E-state index in [0.717, 1.165) is 51.4 Å². The van der Waals surface area contributed by atoms with Crippen LogP contribution in [0.5, 0.6) is 0 Å². The molecule has 2 fully saturated rings. The van der Waals surface area contributed by atoms with Gasteiger partial charge in [0.15, 0.2) is 0 Å². The molecule has 2 heterocycles. The van der Waals surface area contributed by atoms with Gasteiger partial charge in [0.25, 0.3) is 10.2 Å². The van der Waals surface area contributed by atoms with Gasteiger partial charge in [-0.2, -0.15) is 17.0 Å². The molecule has 0 bridgehead atoms. The van der Waals surface area contributed by atoms with Crippen molar-refractivity contribution in [3.05, 3.63) is 0 Å². The van der Waals surface area contributed by atoms with Crippen molar-refractivity contribution in [2.24, 2.45) is 5.73 Å². The van der Waals surface area contributed by atoms with Crippen molar-refractivity contribution in [1.82, 2.24) is 8.61 Å². The zero-order valence-electron chi connectivity index (χ0n) is 11.1. The maximum absolute atomic E-state index is 12.6. The van der Waals surface area contributed by atoms with E-state index in [0.29, 0.717) is 19.6 Å². The number of hydrogen-bond acceptors (Lipinski definition) is 3. The summed E-state index contributed by atoms with van der Waals surface area (Å²) in [5.41, 5.74) is 6.03. The minimum atomic E-state index is -3.34. The molecule has 0 saturated carbocycles. The monoisotopic (exact) mass is 275 g/mol. The summed E-state index contributed by atoms with van der Waals surface area (Å²) in [6.07, 6.45) is 7.72. The van der Waals surface area contributed by atoms with E-state index in [1.807, 2.05) is 0 Å². The highest BCUT2D eigenvalue weighted by molar-refractivity contribution is 7.86. The maximum Gasteiger partial charge on any atom is 0.283 e. The van der Waals surface area contributed by atoms with Crippen LogP contribution >= 0.6 is 0 Å². The summed E-state index contributed by atoms with van der Waals surface area (Å²) in [7, 11) is -3.34. The summed E-state index contributed by atoms with van der Waals surface area (Å²) in [5, 5.41) is 0. The zero-order valence-corrected chi connectivity index (χ0v) is 11.9. The molecule has 106 valence electrons. The summed E-state index contributed by atoms with van der Waals surface area (Å²) in [5.74, 6) is 0. The molecule has 0 amide bonds. The van der Waals surface area contributed by atoms with Crippen LogP contribution in [0.2, 0.25) is 0 Å². The summed E-state index contributed by atoms with van der Waals surface area (Å²) >= 11 is 0. The van der Waals surface area contributed by atoms with E-state index in [1.165, 1.54) is 4.31 Å². The van der Waals surface area contributed by atoms with Crippen LogP contribution in [-0.2, 0) is 10.2 Å². The molecular formula is C12H25N3O2S. The molecule has 6 heteroatoms. The van der Waals surface area contributed by atoms with Gasteiger partial charge in [0.1, 0.15) is 0 Å². The first-order valence-corrected chi connectivity index (χ1v) is 8.54. The van der Waals surface area contributed by atoms with Gasteiger partial charge in [0.2, 0.25) is 0 Å². The Kier molecular flexibility index (Phi) is 5.00. The minimum absolute atomic E-state index is 0.333. The van der Waals surface area contributed by atoms with Gasteiger partial charge in [0.05, 0.1) is 6.17 Å². The van der Waals surface area contributed by atoms with E-state index in [4.69, 9.17) is 5.73 Å². The van der Waals surface area contributed by atoms with Crippen LogP contribution in [0.25, 0.3) is 0 Å².